The first-order chi connectivity index (χ1) is 20.2. The number of aliphatic hydroxyl groups excluding tert-OH is 1. The first kappa shape index (κ1) is 26.8. The first-order valence-corrected chi connectivity index (χ1v) is 15.7. The lowest BCUT2D eigenvalue weighted by atomic mass is 9.88. The normalized spacial score (nSPS) is 20.9. The third kappa shape index (κ3) is 4.85. The molecule has 1 amide bonds. The van der Waals surface area contributed by atoms with Crippen molar-refractivity contribution in [2.45, 2.75) is 63.0 Å². The van der Waals surface area contributed by atoms with E-state index in [4.69, 9.17) is 5.10 Å². The summed E-state index contributed by atoms with van der Waals surface area (Å²) in [4.78, 5) is 28.1. The van der Waals surface area contributed by atoms with Crippen molar-refractivity contribution in [1.82, 2.24) is 39.2 Å². The molecule has 0 atom stereocenters. The lowest BCUT2D eigenvalue weighted by Gasteiger charge is -2.40. The number of hydrogen-bond acceptors (Lipinski definition) is 11. The molecule has 5 heterocycles. The van der Waals surface area contributed by atoms with Gasteiger partial charge in [0.05, 0.1) is 46.1 Å². The topological polar surface area (TPSA) is 173 Å². The van der Waals surface area contributed by atoms with Crippen molar-refractivity contribution in [3.05, 3.63) is 36.9 Å². The summed E-state index contributed by atoms with van der Waals surface area (Å²) in [6.07, 6.45) is 8.53. The van der Waals surface area contributed by atoms with Crippen LogP contribution in [0.4, 0.5) is 17.5 Å². The van der Waals surface area contributed by atoms with E-state index in [9.17, 15) is 18.3 Å². The van der Waals surface area contributed by atoms with Gasteiger partial charge in [0.1, 0.15) is 11.6 Å². The number of rotatable bonds is 9. The highest BCUT2D eigenvalue weighted by atomic mass is 32.2. The molecule has 220 valence electrons. The third-order valence-electron chi connectivity index (χ3n) is 8.01. The molecule has 0 unspecified atom stereocenters. The van der Waals surface area contributed by atoms with E-state index < -0.39 is 10.0 Å². The molecule has 2 saturated carbocycles. The molecular weight excluding hydrogens is 560 g/mol. The average molecular weight is 593 g/mol. The van der Waals surface area contributed by atoms with Crippen LogP contribution in [-0.2, 0) is 14.8 Å². The van der Waals surface area contributed by atoms with Crippen LogP contribution in [-0.4, -0.2) is 83.8 Å². The molecule has 1 aliphatic heterocycles. The zero-order valence-electron chi connectivity index (χ0n) is 23.3. The van der Waals surface area contributed by atoms with Crippen LogP contribution >= 0.6 is 0 Å². The van der Waals surface area contributed by atoms with Crippen LogP contribution in [0, 0.1) is 5.92 Å². The van der Waals surface area contributed by atoms with Crippen molar-refractivity contribution < 1.29 is 18.3 Å². The second-order valence-corrected chi connectivity index (χ2v) is 13.7. The van der Waals surface area contributed by atoms with Crippen LogP contribution in [0.2, 0.25) is 0 Å². The zero-order valence-corrected chi connectivity index (χ0v) is 24.1. The molecule has 3 fully saturated rings. The lowest BCUT2D eigenvalue weighted by molar-refractivity contribution is -0.127. The van der Waals surface area contributed by atoms with E-state index >= 15 is 0 Å². The minimum absolute atomic E-state index is 0.0291. The number of pyridine rings is 1. The molecule has 3 aliphatic rings. The van der Waals surface area contributed by atoms with Gasteiger partial charge in [-0.2, -0.15) is 14.3 Å². The summed E-state index contributed by atoms with van der Waals surface area (Å²) in [5.41, 5.74) is 1.40. The predicted molar refractivity (Wildman–Crippen MR) is 155 cm³/mol. The van der Waals surface area contributed by atoms with Gasteiger partial charge in [0.25, 0.3) is 10.0 Å². The Kier molecular flexibility index (Phi) is 6.38. The Morgan fingerprint density at radius 3 is 2.62 bits per heavy atom. The highest BCUT2D eigenvalue weighted by Crippen LogP contribution is 2.34. The fourth-order valence-corrected chi connectivity index (χ4v) is 6.81. The molecule has 7 rings (SSSR count). The largest absolute Gasteiger partial charge is 0.393 e. The van der Waals surface area contributed by atoms with E-state index in [1.807, 2.05) is 10.7 Å². The van der Waals surface area contributed by atoms with E-state index in [1.54, 1.807) is 18.5 Å². The molecule has 3 N–H and O–H groups in total. The van der Waals surface area contributed by atoms with Crippen molar-refractivity contribution in [2.24, 2.45) is 5.92 Å². The van der Waals surface area contributed by atoms with Gasteiger partial charge in [0.2, 0.25) is 5.91 Å². The minimum Gasteiger partial charge on any atom is -0.393 e. The van der Waals surface area contributed by atoms with Gasteiger partial charge < -0.3 is 20.6 Å². The molecular formula is C27H32N10O4S. The maximum absolute atomic E-state index is 12.6. The molecule has 2 aliphatic carbocycles. The van der Waals surface area contributed by atoms with Crippen molar-refractivity contribution in [2.75, 3.05) is 23.3 Å². The first-order valence-electron chi connectivity index (χ1n) is 14.2. The van der Waals surface area contributed by atoms with Crippen molar-refractivity contribution in [3.63, 3.8) is 0 Å². The molecule has 4 aromatic heterocycles. The number of nitrogens with one attached hydrogen (secondary N) is 2. The van der Waals surface area contributed by atoms with Crippen LogP contribution in [0.25, 0.3) is 22.3 Å². The summed E-state index contributed by atoms with van der Waals surface area (Å²) in [5.74, 6) is 2.12. The van der Waals surface area contributed by atoms with Gasteiger partial charge in [-0.05, 0) is 45.6 Å². The number of anilines is 3. The lowest BCUT2D eigenvalue weighted by Crippen LogP contribution is -2.57. The Bertz CT molecular complexity index is 1770. The Balaban J connectivity index is 1.08. The summed E-state index contributed by atoms with van der Waals surface area (Å²) in [7, 11) is -3.47. The van der Waals surface area contributed by atoms with Gasteiger partial charge in [-0.1, -0.05) is 0 Å². The fraction of sp³-hybridized carbons (Fsp3) is 0.481. The molecule has 0 spiro atoms. The van der Waals surface area contributed by atoms with E-state index in [1.165, 1.54) is 12.4 Å². The van der Waals surface area contributed by atoms with E-state index in [-0.39, 0.29) is 35.3 Å². The number of nitrogens with zero attached hydrogens (tertiary/aromatic N) is 8. The van der Waals surface area contributed by atoms with Gasteiger partial charge in [-0.3, -0.25) is 9.48 Å². The molecule has 0 aromatic carbocycles. The van der Waals surface area contributed by atoms with E-state index in [2.05, 4.69) is 49.4 Å². The summed E-state index contributed by atoms with van der Waals surface area (Å²) in [6.45, 7) is 5.27. The SMILES string of the molecule is CC(C)n1nc(N2CC(C(=O)NC3CC(O)C3)C2)c2cnc(Nc3ccnc(-c4cnn(S(=O)(=O)C5CC5)c4)n3)cc21. The minimum atomic E-state index is -3.47. The van der Waals surface area contributed by atoms with Crippen LogP contribution in [0.3, 0.4) is 0 Å². The second kappa shape index (κ2) is 10.0. The predicted octanol–water partition coefficient (Wildman–Crippen LogP) is 1.83. The number of aliphatic hydroxyl groups is 1. The molecule has 14 nitrogen and oxygen atoms in total. The number of fused-ring (bicyclic) bond motifs is 1. The smallest absolute Gasteiger partial charge is 0.256 e. The van der Waals surface area contributed by atoms with Crippen LogP contribution in [0.1, 0.15) is 45.6 Å². The highest BCUT2D eigenvalue weighted by molar-refractivity contribution is 7.90. The quantitative estimate of drug-likeness (QED) is 0.259. The molecule has 4 aromatic rings. The highest BCUT2D eigenvalue weighted by Gasteiger charge is 2.39. The summed E-state index contributed by atoms with van der Waals surface area (Å²) in [6, 6.07) is 3.79. The second-order valence-electron chi connectivity index (χ2n) is 11.6. The Morgan fingerprint density at radius 1 is 1.12 bits per heavy atom. The Morgan fingerprint density at radius 2 is 1.90 bits per heavy atom. The number of carbonyl (C=O) groups is 1. The number of carbonyl (C=O) groups excluding carboxylic acids is 1. The monoisotopic (exact) mass is 592 g/mol. The number of amides is 1. The van der Waals surface area contributed by atoms with Gasteiger partial charge in [-0.15, -0.1) is 0 Å². The summed E-state index contributed by atoms with van der Waals surface area (Å²) in [5, 5.41) is 25.2. The van der Waals surface area contributed by atoms with Crippen LogP contribution in [0.5, 0.6) is 0 Å². The molecule has 42 heavy (non-hydrogen) atoms. The van der Waals surface area contributed by atoms with Crippen molar-refractivity contribution in [3.8, 4) is 11.4 Å². The molecule has 0 radical (unpaired) electrons. The maximum atomic E-state index is 12.6. The van der Waals surface area contributed by atoms with E-state index in [0.29, 0.717) is 61.8 Å². The van der Waals surface area contributed by atoms with Crippen molar-refractivity contribution >= 4 is 44.3 Å². The molecule has 1 saturated heterocycles. The summed E-state index contributed by atoms with van der Waals surface area (Å²) < 4.78 is 28.0. The van der Waals surface area contributed by atoms with Gasteiger partial charge in [-0.25, -0.2) is 23.4 Å². The average Bonchev–Trinajstić information content (AvgIpc) is 3.54. The number of hydrogen-bond donors (Lipinski definition) is 3. The van der Waals surface area contributed by atoms with Crippen LogP contribution in [0.15, 0.2) is 36.9 Å². The molecule has 0 bridgehead atoms. The number of aromatic nitrogens is 7. The van der Waals surface area contributed by atoms with Crippen molar-refractivity contribution in [1.29, 1.82) is 0 Å². The van der Waals surface area contributed by atoms with Gasteiger partial charge in [0.15, 0.2) is 11.6 Å². The maximum Gasteiger partial charge on any atom is 0.256 e. The van der Waals surface area contributed by atoms with E-state index in [0.717, 1.165) is 20.8 Å². The molecule has 15 heteroatoms. The standard InChI is InChI=1S/C27H32N10O4S/c1-15(2)37-22-9-24(29-11-21(22)26(34-37)35-12-17(13-35)27(39)31-18-7-19(38)8-18)32-23-5-6-28-25(33-23)16-10-30-36(14-16)42(40,41)20-3-4-20/h5-6,9-11,14-15,17-20,38H,3-4,7-8,12-13H2,1-2H3,(H,31,39)(H,28,29,32,33). The Hall–Kier alpha value is -4.11. The van der Waals surface area contributed by atoms with Crippen LogP contribution < -0.4 is 15.5 Å². The third-order valence-corrected chi connectivity index (χ3v) is 10.0. The zero-order chi connectivity index (χ0) is 29.2. The fourth-order valence-electron chi connectivity index (χ4n) is 5.33. The summed E-state index contributed by atoms with van der Waals surface area (Å²) >= 11 is 0. The Labute approximate surface area is 242 Å². The van der Waals surface area contributed by atoms with Gasteiger partial charge >= 0.3 is 0 Å². The van der Waals surface area contributed by atoms with Gasteiger partial charge in [0, 0.05) is 43.6 Å².